The summed E-state index contributed by atoms with van der Waals surface area (Å²) in [6.07, 6.45) is -4.54. The number of halogens is 3. The van der Waals surface area contributed by atoms with E-state index in [9.17, 15) is 18.0 Å². The first-order chi connectivity index (χ1) is 15.2. The number of hydrogen-bond donors (Lipinski definition) is 1. The third-order valence-electron chi connectivity index (χ3n) is 4.91. The zero-order valence-corrected chi connectivity index (χ0v) is 17.2. The van der Waals surface area contributed by atoms with Crippen molar-refractivity contribution >= 4 is 34.0 Å². The van der Waals surface area contributed by atoms with Gasteiger partial charge in [0.25, 0.3) is 0 Å². The molecule has 2 aromatic heterocycles. The number of alkyl halides is 3. The zero-order chi connectivity index (χ0) is 23.0. The Morgan fingerprint density at radius 1 is 1.09 bits per heavy atom. The highest BCUT2D eigenvalue weighted by molar-refractivity contribution is 6.09. The number of carbonyl (C=O) groups is 1. The Kier molecular flexibility index (Phi) is 5.37. The lowest BCUT2D eigenvalue weighted by atomic mass is 10.2. The Labute approximate surface area is 180 Å². The number of fused-ring (bicyclic) bond motifs is 2. The zero-order valence-electron chi connectivity index (χ0n) is 17.2. The first kappa shape index (κ1) is 21.4. The molecule has 166 valence electrons. The van der Waals surface area contributed by atoms with Crippen LogP contribution in [0.4, 0.5) is 19.0 Å². The van der Waals surface area contributed by atoms with Gasteiger partial charge in [-0.2, -0.15) is 0 Å². The quantitative estimate of drug-likeness (QED) is 0.435. The summed E-state index contributed by atoms with van der Waals surface area (Å²) in [6.45, 7) is 3.64. The Bertz CT molecular complexity index is 1300. The average molecular weight is 444 g/mol. The number of nitrogen functional groups attached to an aromatic ring is 1. The Morgan fingerprint density at radius 3 is 2.31 bits per heavy atom. The Hall–Kier alpha value is -3.82. The summed E-state index contributed by atoms with van der Waals surface area (Å²) in [7, 11) is 0. The van der Waals surface area contributed by atoms with E-state index in [1.165, 1.54) is 16.7 Å². The van der Waals surface area contributed by atoms with E-state index in [0.717, 1.165) is 12.1 Å². The van der Waals surface area contributed by atoms with Crippen LogP contribution >= 0.6 is 0 Å². The molecule has 0 saturated heterocycles. The van der Waals surface area contributed by atoms with Gasteiger partial charge in [-0.1, -0.05) is 19.1 Å². The van der Waals surface area contributed by atoms with E-state index in [2.05, 4.69) is 14.7 Å². The lowest BCUT2D eigenvalue weighted by molar-refractivity contribution is -0.274. The summed E-state index contributed by atoms with van der Waals surface area (Å²) in [5, 5.41) is 0. The maximum Gasteiger partial charge on any atom is 0.573 e. The van der Waals surface area contributed by atoms with E-state index in [1.54, 1.807) is 31.2 Å². The van der Waals surface area contributed by atoms with Gasteiger partial charge in [0, 0.05) is 5.69 Å². The lowest BCUT2D eigenvalue weighted by Crippen LogP contribution is -2.17. The summed E-state index contributed by atoms with van der Waals surface area (Å²) in [6, 6.07) is 12.2. The van der Waals surface area contributed by atoms with Gasteiger partial charge in [-0.25, -0.2) is 14.8 Å². The summed E-state index contributed by atoms with van der Waals surface area (Å²) in [5.74, 6) is -1.01. The van der Waals surface area contributed by atoms with Crippen LogP contribution in [-0.2, 0) is 4.74 Å². The van der Waals surface area contributed by atoms with Crippen molar-refractivity contribution in [2.45, 2.75) is 32.7 Å². The maximum absolute atomic E-state index is 12.9. The normalized spacial score (nSPS) is 12.8. The van der Waals surface area contributed by atoms with E-state index in [4.69, 9.17) is 10.5 Å². The molecule has 0 aliphatic rings. The predicted octanol–water partition coefficient (Wildman–Crippen LogP) is 5.01. The van der Waals surface area contributed by atoms with E-state index < -0.39 is 12.3 Å². The number of anilines is 1. The second-order valence-electron chi connectivity index (χ2n) is 7.15. The summed E-state index contributed by atoms with van der Waals surface area (Å²) >= 11 is 0. The highest BCUT2D eigenvalue weighted by Crippen LogP contribution is 2.33. The van der Waals surface area contributed by atoms with E-state index in [1.807, 2.05) is 6.92 Å². The van der Waals surface area contributed by atoms with Gasteiger partial charge in [-0.15, -0.1) is 13.2 Å². The van der Waals surface area contributed by atoms with E-state index in [-0.39, 0.29) is 34.4 Å². The molecule has 0 aliphatic carbocycles. The first-order valence-electron chi connectivity index (χ1n) is 9.81. The molecule has 2 N–H and O–H groups in total. The van der Waals surface area contributed by atoms with Crippen molar-refractivity contribution in [2.75, 3.05) is 5.73 Å². The van der Waals surface area contributed by atoms with Gasteiger partial charge in [-0.05, 0) is 49.7 Å². The van der Waals surface area contributed by atoms with Crippen molar-refractivity contribution in [3.63, 3.8) is 0 Å². The topological polar surface area (TPSA) is 92.3 Å². The SMILES string of the molecule is CC[C@@H](C)OC(=O)c1c(N)n(-c2ccc(OC(F)(F)F)cc2)c2nc3ccccc3nc12. The van der Waals surface area contributed by atoms with Crippen molar-refractivity contribution in [1.82, 2.24) is 14.5 Å². The van der Waals surface area contributed by atoms with Crippen LogP contribution in [0.15, 0.2) is 48.5 Å². The van der Waals surface area contributed by atoms with Crippen molar-refractivity contribution in [3.05, 3.63) is 54.1 Å². The van der Waals surface area contributed by atoms with Gasteiger partial charge in [0.2, 0.25) is 0 Å². The molecule has 0 amide bonds. The van der Waals surface area contributed by atoms with Crippen LogP contribution in [0.2, 0.25) is 0 Å². The minimum Gasteiger partial charge on any atom is -0.459 e. The summed E-state index contributed by atoms with van der Waals surface area (Å²) in [5.41, 5.74) is 8.42. The molecule has 0 fully saturated rings. The molecule has 4 aromatic rings. The van der Waals surface area contributed by atoms with Gasteiger partial charge in [0.05, 0.1) is 17.1 Å². The number of hydrogen-bond acceptors (Lipinski definition) is 6. The van der Waals surface area contributed by atoms with Crippen LogP contribution in [0.5, 0.6) is 5.75 Å². The van der Waals surface area contributed by atoms with Crippen LogP contribution in [0, 0.1) is 0 Å². The Morgan fingerprint density at radius 2 is 1.72 bits per heavy atom. The van der Waals surface area contributed by atoms with Crippen LogP contribution in [0.1, 0.15) is 30.6 Å². The maximum atomic E-state index is 12.9. The van der Waals surface area contributed by atoms with Crippen molar-refractivity contribution in [3.8, 4) is 11.4 Å². The number of nitrogens with two attached hydrogens (primary N) is 1. The summed E-state index contributed by atoms with van der Waals surface area (Å²) in [4.78, 5) is 22.1. The van der Waals surface area contributed by atoms with Crippen LogP contribution in [0.3, 0.4) is 0 Å². The van der Waals surface area contributed by atoms with Gasteiger partial charge in [-0.3, -0.25) is 4.57 Å². The third-order valence-corrected chi connectivity index (χ3v) is 4.91. The molecule has 0 bridgehead atoms. The molecular weight excluding hydrogens is 425 g/mol. The van der Waals surface area contributed by atoms with Gasteiger partial charge >= 0.3 is 12.3 Å². The molecule has 0 aliphatic heterocycles. The fraction of sp³-hybridized carbons (Fsp3) is 0.227. The van der Waals surface area contributed by atoms with E-state index in [0.29, 0.717) is 23.1 Å². The smallest absolute Gasteiger partial charge is 0.459 e. The molecule has 2 aromatic carbocycles. The predicted molar refractivity (Wildman–Crippen MR) is 113 cm³/mol. The Balaban J connectivity index is 1.91. The fourth-order valence-electron chi connectivity index (χ4n) is 3.25. The molecule has 0 radical (unpaired) electrons. The summed E-state index contributed by atoms with van der Waals surface area (Å²) < 4.78 is 48.3. The van der Waals surface area contributed by atoms with Gasteiger partial charge in [0.1, 0.15) is 22.6 Å². The molecule has 1 atom stereocenters. The van der Waals surface area contributed by atoms with Crippen LogP contribution in [-0.4, -0.2) is 33.0 Å². The number of para-hydroxylation sites is 2. The minimum absolute atomic E-state index is 0.0214. The van der Waals surface area contributed by atoms with Crippen molar-refractivity contribution < 1.29 is 27.4 Å². The molecule has 0 spiro atoms. The molecule has 0 unspecified atom stereocenters. The molecule has 4 rings (SSSR count). The minimum atomic E-state index is -4.81. The number of carbonyl (C=O) groups excluding carboxylic acids is 1. The van der Waals surface area contributed by atoms with E-state index >= 15 is 0 Å². The lowest BCUT2D eigenvalue weighted by Gasteiger charge is -2.12. The number of rotatable bonds is 5. The number of nitrogens with zero attached hydrogens (tertiary/aromatic N) is 3. The molecule has 32 heavy (non-hydrogen) atoms. The van der Waals surface area contributed by atoms with Crippen molar-refractivity contribution in [1.29, 1.82) is 0 Å². The largest absolute Gasteiger partial charge is 0.573 e. The molecular formula is C22H19F3N4O3. The van der Waals surface area contributed by atoms with Crippen LogP contribution < -0.4 is 10.5 Å². The van der Waals surface area contributed by atoms with Crippen LogP contribution in [0.25, 0.3) is 27.9 Å². The van der Waals surface area contributed by atoms with Crippen molar-refractivity contribution in [2.24, 2.45) is 0 Å². The fourth-order valence-corrected chi connectivity index (χ4v) is 3.25. The monoisotopic (exact) mass is 444 g/mol. The standard InChI is InChI=1S/C22H19F3N4O3/c1-3-12(2)31-21(30)17-18-20(28-16-7-5-4-6-15(16)27-18)29(19(17)26)13-8-10-14(11-9-13)32-22(23,24)25/h4-12H,3,26H2,1-2H3/t12-/m1/s1. The van der Waals surface area contributed by atoms with Gasteiger partial charge in [0.15, 0.2) is 5.65 Å². The second kappa shape index (κ2) is 8.03. The first-order valence-corrected chi connectivity index (χ1v) is 9.81. The number of aromatic nitrogens is 3. The highest BCUT2D eigenvalue weighted by Gasteiger charge is 2.31. The average Bonchev–Trinajstić information content (AvgIpc) is 3.02. The number of ether oxygens (including phenoxy) is 2. The molecule has 7 nitrogen and oxygen atoms in total. The number of benzene rings is 2. The second-order valence-corrected chi connectivity index (χ2v) is 7.15. The molecule has 0 saturated carbocycles. The number of esters is 1. The highest BCUT2D eigenvalue weighted by atomic mass is 19.4. The third kappa shape index (κ3) is 4.03. The van der Waals surface area contributed by atoms with Gasteiger partial charge < -0.3 is 15.2 Å². The molecule has 10 heteroatoms. The molecule has 2 heterocycles.